The van der Waals surface area contributed by atoms with Crippen LogP contribution in [0.1, 0.15) is 19.4 Å². The minimum absolute atomic E-state index is 0.0947. The predicted octanol–water partition coefficient (Wildman–Crippen LogP) is 2.93. The summed E-state index contributed by atoms with van der Waals surface area (Å²) in [6.45, 7) is 3.88. The fourth-order valence-corrected chi connectivity index (χ4v) is 1.18. The molecule has 0 aliphatic rings. The zero-order valence-electron chi connectivity index (χ0n) is 7.97. The Balaban J connectivity index is 3.10. The molecule has 1 rings (SSSR count). The van der Waals surface area contributed by atoms with Gasteiger partial charge in [0.2, 0.25) is 0 Å². The van der Waals surface area contributed by atoms with Crippen LogP contribution < -0.4 is 0 Å². The first-order valence-corrected chi connectivity index (χ1v) is 4.39. The maximum Gasteiger partial charge on any atom is 0.134 e. The van der Waals surface area contributed by atoms with Gasteiger partial charge in [0.05, 0.1) is 10.6 Å². The quantitative estimate of drug-likeness (QED) is 0.796. The smallest absolute Gasteiger partial charge is 0.134 e. The number of halogens is 1. The monoisotopic (exact) mass is 200 g/mol. The van der Waals surface area contributed by atoms with E-state index >= 15 is 0 Å². The SMILES string of the molecule is COC(C)(C)c1ccc(O)c(Cl)c1. The highest BCUT2D eigenvalue weighted by Crippen LogP contribution is 2.30. The van der Waals surface area contributed by atoms with Gasteiger partial charge in [-0.15, -0.1) is 0 Å². The highest BCUT2D eigenvalue weighted by molar-refractivity contribution is 6.32. The standard InChI is InChI=1S/C10H13ClO2/c1-10(2,13-3)7-4-5-9(12)8(11)6-7/h4-6,12H,1-3H3. The fraction of sp³-hybridized carbons (Fsp3) is 0.400. The Morgan fingerprint density at radius 2 is 2.00 bits per heavy atom. The van der Waals surface area contributed by atoms with Crippen LogP contribution in [0.15, 0.2) is 18.2 Å². The van der Waals surface area contributed by atoms with Crippen LogP contribution in [0.4, 0.5) is 0 Å². The van der Waals surface area contributed by atoms with Crippen molar-refractivity contribution in [1.29, 1.82) is 0 Å². The van der Waals surface area contributed by atoms with Gasteiger partial charge in [-0.3, -0.25) is 0 Å². The maximum atomic E-state index is 9.21. The lowest BCUT2D eigenvalue weighted by molar-refractivity contribution is 0.0192. The molecular weight excluding hydrogens is 188 g/mol. The van der Waals surface area contributed by atoms with E-state index in [1.807, 2.05) is 13.8 Å². The molecule has 13 heavy (non-hydrogen) atoms. The maximum absolute atomic E-state index is 9.21. The second-order valence-corrected chi connectivity index (χ2v) is 3.79. The summed E-state index contributed by atoms with van der Waals surface area (Å²) in [5, 5.41) is 9.56. The van der Waals surface area contributed by atoms with Crippen molar-refractivity contribution in [1.82, 2.24) is 0 Å². The Morgan fingerprint density at radius 3 is 2.46 bits per heavy atom. The number of rotatable bonds is 2. The third-order valence-corrected chi connectivity index (χ3v) is 2.46. The van der Waals surface area contributed by atoms with E-state index in [1.54, 1.807) is 25.3 Å². The predicted molar refractivity (Wildman–Crippen MR) is 53.2 cm³/mol. The third kappa shape index (κ3) is 2.14. The molecule has 0 aliphatic carbocycles. The number of aromatic hydroxyl groups is 1. The average molecular weight is 201 g/mol. The molecule has 0 saturated carbocycles. The van der Waals surface area contributed by atoms with Crippen molar-refractivity contribution in [2.45, 2.75) is 19.4 Å². The summed E-state index contributed by atoms with van der Waals surface area (Å²) in [7, 11) is 1.64. The zero-order valence-corrected chi connectivity index (χ0v) is 8.72. The molecule has 1 aromatic rings. The molecule has 0 amide bonds. The average Bonchev–Trinajstić information content (AvgIpc) is 2.09. The number of benzene rings is 1. The lowest BCUT2D eigenvalue weighted by Gasteiger charge is -2.23. The zero-order chi connectivity index (χ0) is 10.1. The lowest BCUT2D eigenvalue weighted by Crippen LogP contribution is -2.19. The summed E-state index contributed by atoms with van der Waals surface area (Å²) in [5.74, 6) is 0.0947. The molecule has 2 nitrogen and oxygen atoms in total. The summed E-state index contributed by atoms with van der Waals surface area (Å²) >= 11 is 5.77. The van der Waals surface area contributed by atoms with Gasteiger partial charge in [-0.25, -0.2) is 0 Å². The number of ether oxygens (including phenoxy) is 1. The molecule has 72 valence electrons. The highest BCUT2D eigenvalue weighted by atomic mass is 35.5. The van der Waals surface area contributed by atoms with Crippen molar-refractivity contribution in [2.75, 3.05) is 7.11 Å². The molecule has 0 spiro atoms. The molecule has 0 atom stereocenters. The lowest BCUT2D eigenvalue weighted by atomic mass is 9.98. The van der Waals surface area contributed by atoms with Gasteiger partial charge in [0.25, 0.3) is 0 Å². The summed E-state index contributed by atoms with van der Waals surface area (Å²) < 4.78 is 5.28. The van der Waals surface area contributed by atoms with Gasteiger partial charge in [0, 0.05) is 7.11 Å². The van der Waals surface area contributed by atoms with E-state index in [4.69, 9.17) is 16.3 Å². The Hall–Kier alpha value is -0.730. The van der Waals surface area contributed by atoms with Crippen LogP contribution in [-0.2, 0) is 10.3 Å². The molecule has 0 unspecified atom stereocenters. The number of methoxy groups -OCH3 is 1. The van der Waals surface area contributed by atoms with Crippen LogP contribution in [-0.4, -0.2) is 12.2 Å². The van der Waals surface area contributed by atoms with Crippen LogP contribution in [0.5, 0.6) is 5.75 Å². The van der Waals surface area contributed by atoms with E-state index in [-0.39, 0.29) is 11.4 Å². The Labute approximate surface area is 83.1 Å². The molecule has 0 bridgehead atoms. The van der Waals surface area contributed by atoms with Gasteiger partial charge < -0.3 is 9.84 Å². The summed E-state index contributed by atoms with van der Waals surface area (Å²) in [6.07, 6.45) is 0. The van der Waals surface area contributed by atoms with Gasteiger partial charge in [-0.2, -0.15) is 0 Å². The molecule has 0 saturated heterocycles. The summed E-state index contributed by atoms with van der Waals surface area (Å²) in [6, 6.07) is 5.07. The molecule has 3 heteroatoms. The summed E-state index contributed by atoms with van der Waals surface area (Å²) in [5.41, 5.74) is 0.565. The molecule has 0 aromatic heterocycles. The number of phenols is 1. The Morgan fingerprint density at radius 1 is 1.38 bits per heavy atom. The van der Waals surface area contributed by atoms with E-state index in [0.717, 1.165) is 5.56 Å². The van der Waals surface area contributed by atoms with Crippen molar-refractivity contribution in [2.24, 2.45) is 0 Å². The van der Waals surface area contributed by atoms with Crippen molar-refractivity contribution in [3.8, 4) is 5.75 Å². The summed E-state index contributed by atoms with van der Waals surface area (Å²) in [4.78, 5) is 0. The van der Waals surface area contributed by atoms with Crippen molar-refractivity contribution in [3.63, 3.8) is 0 Å². The van der Waals surface area contributed by atoms with Crippen LogP contribution in [0.3, 0.4) is 0 Å². The van der Waals surface area contributed by atoms with E-state index in [2.05, 4.69) is 0 Å². The Kier molecular flexibility index (Phi) is 2.84. The van der Waals surface area contributed by atoms with Crippen LogP contribution in [0.25, 0.3) is 0 Å². The minimum atomic E-state index is -0.378. The first-order chi connectivity index (χ1) is 5.97. The molecule has 0 fully saturated rings. The van der Waals surface area contributed by atoms with Crippen LogP contribution in [0.2, 0.25) is 5.02 Å². The normalized spacial score (nSPS) is 11.7. The highest BCUT2D eigenvalue weighted by Gasteiger charge is 2.19. The van der Waals surface area contributed by atoms with Crippen molar-refractivity contribution < 1.29 is 9.84 Å². The topological polar surface area (TPSA) is 29.5 Å². The van der Waals surface area contributed by atoms with Crippen LogP contribution >= 0.6 is 11.6 Å². The van der Waals surface area contributed by atoms with Gasteiger partial charge in [0.15, 0.2) is 0 Å². The van der Waals surface area contributed by atoms with Crippen molar-refractivity contribution in [3.05, 3.63) is 28.8 Å². The number of hydrogen-bond donors (Lipinski definition) is 1. The first-order valence-electron chi connectivity index (χ1n) is 4.01. The second kappa shape index (κ2) is 3.56. The van der Waals surface area contributed by atoms with E-state index in [9.17, 15) is 5.11 Å². The molecule has 0 aliphatic heterocycles. The largest absolute Gasteiger partial charge is 0.506 e. The van der Waals surface area contributed by atoms with Crippen molar-refractivity contribution >= 4 is 11.6 Å². The molecule has 0 heterocycles. The number of hydrogen-bond acceptors (Lipinski definition) is 2. The molecular formula is C10H13ClO2. The van der Waals surface area contributed by atoms with E-state index in [0.29, 0.717) is 5.02 Å². The third-order valence-electron chi connectivity index (χ3n) is 2.15. The van der Waals surface area contributed by atoms with Gasteiger partial charge in [-0.1, -0.05) is 17.7 Å². The molecule has 1 N–H and O–H groups in total. The van der Waals surface area contributed by atoms with E-state index in [1.165, 1.54) is 0 Å². The molecule has 0 radical (unpaired) electrons. The fourth-order valence-electron chi connectivity index (χ4n) is 0.999. The van der Waals surface area contributed by atoms with Gasteiger partial charge in [-0.05, 0) is 31.5 Å². The molecule has 1 aromatic carbocycles. The number of phenolic OH excluding ortho intramolecular Hbond substituents is 1. The minimum Gasteiger partial charge on any atom is -0.506 e. The van der Waals surface area contributed by atoms with Gasteiger partial charge >= 0.3 is 0 Å². The van der Waals surface area contributed by atoms with Crippen LogP contribution in [0, 0.1) is 0 Å². The first kappa shape index (κ1) is 10.4. The van der Waals surface area contributed by atoms with Gasteiger partial charge in [0.1, 0.15) is 5.75 Å². The second-order valence-electron chi connectivity index (χ2n) is 3.38. The van der Waals surface area contributed by atoms with E-state index < -0.39 is 0 Å². The Bertz CT molecular complexity index is 308.